The van der Waals surface area contributed by atoms with E-state index in [1.807, 2.05) is 6.07 Å². The molecule has 0 aliphatic carbocycles. The van der Waals surface area contributed by atoms with E-state index in [-0.39, 0.29) is 5.56 Å². The summed E-state index contributed by atoms with van der Waals surface area (Å²) < 4.78 is 39.8. The predicted octanol–water partition coefficient (Wildman–Crippen LogP) is 5.14. The second-order valence-corrected chi connectivity index (χ2v) is 5.21. The summed E-state index contributed by atoms with van der Waals surface area (Å²) >= 11 is 3.27. The van der Waals surface area contributed by atoms with Crippen molar-refractivity contribution in [3.05, 3.63) is 64.1 Å². The molecule has 2 aromatic rings. The van der Waals surface area contributed by atoms with Gasteiger partial charge in [-0.1, -0.05) is 34.1 Å². The van der Waals surface area contributed by atoms with Crippen LogP contribution in [-0.4, -0.2) is 0 Å². The van der Waals surface area contributed by atoms with Crippen LogP contribution in [0.15, 0.2) is 53.0 Å². The van der Waals surface area contributed by atoms with Gasteiger partial charge in [0, 0.05) is 15.7 Å². The van der Waals surface area contributed by atoms with Crippen LogP contribution in [0.3, 0.4) is 0 Å². The van der Waals surface area contributed by atoms with Crippen molar-refractivity contribution < 1.29 is 13.2 Å². The lowest BCUT2D eigenvalue weighted by Gasteiger charge is -2.18. The van der Waals surface area contributed by atoms with E-state index < -0.39 is 17.8 Å². The summed E-state index contributed by atoms with van der Waals surface area (Å²) in [6.07, 6.45) is -4.49. The van der Waals surface area contributed by atoms with Crippen molar-refractivity contribution in [1.82, 2.24) is 0 Å². The fraction of sp³-hybridized carbons (Fsp3) is 0.133. The zero-order valence-electron chi connectivity index (χ0n) is 10.7. The Hall–Kier alpha value is -2.00. The lowest BCUT2D eigenvalue weighted by molar-refractivity contribution is -0.138. The van der Waals surface area contributed by atoms with Crippen LogP contribution in [0.5, 0.6) is 0 Å². The standard InChI is InChI=1S/C15H10BrF3N2/c16-10-5-7-11(8-6-10)21-14(9-20)12-3-1-2-4-13(12)15(17,18)19/h1-8,14,21H. The van der Waals surface area contributed by atoms with Gasteiger partial charge in [-0.3, -0.25) is 0 Å². The van der Waals surface area contributed by atoms with Crippen molar-refractivity contribution in [2.75, 3.05) is 5.32 Å². The van der Waals surface area contributed by atoms with Crippen LogP contribution >= 0.6 is 15.9 Å². The van der Waals surface area contributed by atoms with E-state index in [4.69, 9.17) is 0 Å². The Morgan fingerprint density at radius 2 is 1.67 bits per heavy atom. The molecule has 2 rings (SSSR count). The lowest BCUT2D eigenvalue weighted by atomic mass is 10.0. The molecule has 108 valence electrons. The Kier molecular flexibility index (Phi) is 4.53. The zero-order valence-corrected chi connectivity index (χ0v) is 12.2. The molecule has 0 amide bonds. The summed E-state index contributed by atoms with van der Waals surface area (Å²) in [5, 5.41) is 12.0. The van der Waals surface area contributed by atoms with Crippen molar-refractivity contribution in [2.45, 2.75) is 12.2 Å². The number of nitriles is 1. The highest BCUT2D eigenvalue weighted by atomic mass is 79.9. The Bertz CT molecular complexity index is 660. The van der Waals surface area contributed by atoms with Gasteiger partial charge in [0.15, 0.2) is 0 Å². The Morgan fingerprint density at radius 3 is 2.24 bits per heavy atom. The molecule has 1 unspecified atom stereocenters. The summed E-state index contributed by atoms with van der Waals surface area (Å²) in [4.78, 5) is 0. The van der Waals surface area contributed by atoms with E-state index in [0.717, 1.165) is 10.5 Å². The summed E-state index contributed by atoms with van der Waals surface area (Å²) in [5.41, 5.74) is -0.321. The van der Waals surface area contributed by atoms with Gasteiger partial charge in [0.25, 0.3) is 0 Å². The SMILES string of the molecule is N#CC(Nc1ccc(Br)cc1)c1ccccc1C(F)(F)F. The number of hydrogen-bond donors (Lipinski definition) is 1. The number of rotatable bonds is 3. The van der Waals surface area contributed by atoms with Crippen LogP contribution in [0.4, 0.5) is 18.9 Å². The zero-order chi connectivity index (χ0) is 15.5. The fourth-order valence-electron chi connectivity index (χ4n) is 1.90. The summed E-state index contributed by atoms with van der Waals surface area (Å²) in [5.74, 6) is 0. The first kappa shape index (κ1) is 15.4. The molecule has 0 aliphatic rings. The molecule has 0 fully saturated rings. The van der Waals surface area contributed by atoms with Gasteiger partial charge >= 0.3 is 6.18 Å². The second kappa shape index (κ2) is 6.19. The molecule has 1 N–H and O–H groups in total. The van der Waals surface area contributed by atoms with Crippen molar-refractivity contribution >= 4 is 21.6 Å². The number of nitrogens with one attached hydrogen (secondary N) is 1. The molecule has 0 saturated carbocycles. The normalized spacial score (nSPS) is 12.5. The summed E-state index contributed by atoms with van der Waals surface area (Å²) in [6, 6.07) is 12.7. The molecule has 2 aromatic carbocycles. The van der Waals surface area contributed by atoms with Crippen molar-refractivity contribution in [1.29, 1.82) is 5.26 Å². The third kappa shape index (κ3) is 3.76. The third-order valence-electron chi connectivity index (χ3n) is 2.86. The lowest BCUT2D eigenvalue weighted by Crippen LogP contribution is -2.16. The summed E-state index contributed by atoms with van der Waals surface area (Å²) in [7, 11) is 0. The first-order chi connectivity index (χ1) is 9.91. The molecule has 2 nitrogen and oxygen atoms in total. The molecule has 0 bridgehead atoms. The van der Waals surface area contributed by atoms with E-state index in [1.165, 1.54) is 18.2 Å². The Balaban J connectivity index is 2.35. The molecular formula is C15H10BrF3N2. The number of hydrogen-bond acceptors (Lipinski definition) is 2. The average molecular weight is 355 g/mol. The minimum Gasteiger partial charge on any atom is -0.366 e. The largest absolute Gasteiger partial charge is 0.416 e. The minimum absolute atomic E-state index is 0.0876. The number of alkyl halides is 3. The highest BCUT2D eigenvalue weighted by molar-refractivity contribution is 9.10. The highest BCUT2D eigenvalue weighted by Gasteiger charge is 2.35. The van der Waals surface area contributed by atoms with E-state index in [9.17, 15) is 18.4 Å². The van der Waals surface area contributed by atoms with Gasteiger partial charge in [-0.15, -0.1) is 0 Å². The van der Waals surface area contributed by atoms with Crippen LogP contribution in [-0.2, 0) is 6.18 Å². The second-order valence-electron chi connectivity index (χ2n) is 4.30. The average Bonchev–Trinajstić information content (AvgIpc) is 2.46. The van der Waals surface area contributed by atoms with Crippen LogP contribution in [0, 0.1) is 11.3 Å². The van der Waals surface area contributed by atoms with Gasteiger partial charge < -0.3 is 5.32 Å². The third-order valence-corrected chi connectivity index (χ3v) is 3.39. The monoisotopic (exact) mass is 354 g/mol. The number of anilines is 1. The van der Waals surface area contributed by atoms with Gasteiger partial charge in [0.2, 0.25) is 0 Å². The van der Waals surface area contributed by atoms with E-state index in [0.29, 0.717) is 5.69 Å². The van der Waals surface area contributed by atoms with Crippen molar-refractivity contribution in [3.63, 3.8) is 0 Å². The molecule has 1 atom stereocenters. The molecule has 0 aromatic heterocycles. The van der Waals surface area contributed by atoms with Gasteiger partial charge in [-0.05, 0) is 30.3 Å². The van der Waals surface area contributed by atoms with E-state index in [2.05, 4.69) is 21.2 Å². The van der Waals surface area contributed by atoms with Crippen LogP contribution in [0.25, 0.3) is 0 Å². The van der Waals surface area contributed by atoms with Crippen LogP contribution in [0.1, 0.15) is 17.2 Å². The van der Waals surface area contributed by atoms with Crippen molar-refractivity contribution in [2.24, 2.45) is 0 Å². The Labute approximate surface area is 128 Å². The van der Waals surface area contributed by atoms with Gasteiger partial charge in [0.1, 0.15) is 6.04 Å². The Morgan fingerprint density at radius 1 is 1.05 bits per heavy atom. The first-order valence-electron chi connectivity index (χ1n) is 5.99. The number of halogens is 4. The molecule has 0 heterocycles. The topological polar surface area (TPSA) is 35.8 Å². The molecular weight excluding hydrogens is 345 g/mol. The predicted molar refractivity (Wildman–Crippen MR) is 77.6 cm³/mol. The van der Waals surface area contributed by atoms with Gasteiger partial charge in [0.05, 0.1) is 11.6 Å². The molecule has 0 saturated heterocycles. The summed E-state index contributed by atoms with van der Waals surface area (Å²) in [6.45, 7) is 0. The number of benzene rings is 2. The van der Waals surface area contributed by atoms with E-state index in [1.54, 1.807) is 24.3 Å². The maximum atomic E-state index is 13.0. The van der Waals surface area contributed by atoms with Gasteiger partial charge in [-0.2, -0.15) is 18.4 Å². The fourth-order valence-corrected chi connectivity index (χ4v) is 2.16. The van der Waals surface area contributed by atoms with Crippen LogP contribution in [0.2, 0.25) is 0 Å². The number of nitrogens with zero attached hydrogens (tertiary/aromatic N) is 1. The smallest absolute Gasteiger partial charge is 0.366 e. The highest BCUT2D eigenvalue weighted by Crippen LogP contribution is 2.35. The first-order valence-corrected chi connectivity index (χ1v) is 6.79. The van der Waals surface area contributed by atoms with Crippen molar-refractivity contribution in [3.8, 4) is 6.07 Å². The molecule has 0 radical (unpaired) electrons. The van der Waals surface area contributed by atoms with Gasteiger partial charge in [-0.25, -0.2) is 0 Å². The molecule has 0 spiro atoms. The molecule has 6 heteroatoms. The molecule has 0 aliphatic heterocycles. The maximum absolute atomic E-state index is 13.0. The molecule has 21 heavy (non-hydrogen) atoms. The quantitative estimate of drug-likeness (QED) is 0.827. The minimum atomic E-state index is -4.49. The van der Waals surface area contributed by atoms with E-state index >= 15 is 0 Å². The van der Waals surface area contributed by atoms with Crippen LogP contribution < -0.4 is 5.32 Å². The maximum Gasteiger partial charge on any atom is 0.416 e.